The average molecular weight is 324 g/mol. The second kappa shape index (κ2) is 7.56. The van der Waals surface area contributed by atoms with Gasteiger partial charge in [0.2, 0.25) is 11.8 Å². The fraction of sp³-hybridized carbons (Fsp3) is 0.667. The summed E-state index contributed by atoms with van der Waals surface area (Å²) >= 11 is 0. The van der Waals surface area contributed by atoms with Crippen LogP contribution in [0.25, 0.3) is 0 Å². The molecule has 1 fully saturated rings. The van der Waals surface area contributed by atoms with Crippen LogP contribution >= 0.6 is 0 Å². The molecule has 8 heteroatoms. The molecular formula is C15H24N4O4. The molecule has 0 aromatic carbocycles. The van der Waals surface area contributed by atoms with E-state index in [4.69, 9.17) is 9.47 Å². The van der Waals surface area contributed by atoms with Crippen molar-refractivity contribution in [1.29, 1.82) is 0 Å². The minimum Gasteiger partial charge on any atom is -0.382 e. The maximum atomic E-state index is 12.5. The maximum Gasteiger partial charge on any atom is 0.244 e. The first-order valence-electron chi connectivity index (χ1n) is 7.58. The number of morpholine rings is 1. The minimum absolute atomic E-state index is 0.0474. The van der Waals surface area contributed by atoms with E-state index < -0.39 is 5.60 Å². The molecular weight excluding hydrogens is 300 g/mol. The van der Waals surface area contributed by atoms with Crippen LogP contribution in [0.3, 0.4) is 0 Å². The first kappa shape index (κ1) is 17.4. The summed E-state index contributed by atoms with van der Waals surface area (Å²) in [5.74, 6) is -0.187. The van der Waals surface area contributed by atoms with Crippen LogP contribution in [0.15, 0.2) is 12.4 Å². The summed E-state index contributed by atoms with van der Waals surface area (Å²) in [5.41, 5.74) is 0.205. The number of ether oxygens (including phenoxy) is 2. The van der Waals surface area contributed by atoms with Crippen LogP contribution in [0, 0.1) is 6.92 Å². The molecule has 2 rings (SSSR count). The van der Waals surface area contributed by atoms with Gasteiger partial charge in [-0.15, -0.1) is 0 Å². The summed E-state index contributed by atoms with van der Waals surface area (Å²) in [4.78, 5) is 26.0. The Bertz CT molecular complexity index is 555. The molecule has 1 aliphatic rings. The predicted octanol–water partition coefficient (Wildman–Crippen LogP) is -0.428. The van der Waals surface area contributed by atoms with Crippen molar-refractivity contribution in [3.8, 4) is 0 Å². The molecule has 8 nitrogen and oxygen atoms in total. The highest BCUT2D eigenvalue weighted by Gasteiger charge is 2.40. The lowest BCUT2D eigenvalue weighted by atomic mass is 9.97. The SMILES string of the molecule is CNC(=O)CC1(COC)CN(C(=O)Cn2cc(C)cn2)CCO1. The molecule has 0 saturated carbocycles. The van der Waals surface area contributed by atoms with Crippen molar-refractivity contribution >= 4 is 11.8 Å². The minimum atomic E-state index is -0.803. The molecule has 0 bridgehead atoms. The van der Waals surface area contributed by atoms with Crippen molar-refractivity contribution < 1.29 is 19.1 Å². The molecule has 23 heavy (non-hydrogen) atoms. The lowest BCUT2D eigenvalue weighted by Gasteiger charge is -2.42. The normalized spacial score (nSPS) is 21.3. The number of methoxy groups -OCH3 is 1. The van der Waals surface area contributed by atoms with Gasteiger partial charge in [0.25, 0.3) is 0 Å². The van der Waals surface area contributed by atoms with E-state index in [-0.39, 0.29) is 31.4 Å². The Balaban J connectivity index is 2.04. The molecule has 1 saturated heterocycles. The van der Waals surface area contributed by atoms with Crippen molar-refractivity contribution in [3.63, 3.8) is 0 Å². The Kier molecular flexibility index (Phi) is 5.73. The second-order valence-electron chi connectivity index (χ2n) is 5.84. The number of carbonyl (C=O) groups excluding carboxylic acids is 2. The van der Waals surface area contributed by atoms with Crippen LogP contribution in [-0.4, -0.2) is 72.6 Å². The topological polar surface area (TPSA) is 85.7 Å². The lowest BCUT2D eigenvalue weighted by Crippen LogP contribution is -2.57. The van der Waals surface area contributed by atoms with E-state index >= 15 is 0 Å². The summed E-state index contributed by atoms with van der Waals surface area (Å²) < 4.78 is 12.6. The third-order valence-corrected chi connectivity index (χ3v) is 3.83. The summed E-state index contributed by atoms with van der Waals surface area (Å²) in [6.45, 7) is 3.56. The van der Waals surface area contributed by atoms with Crippen LogP contribution in [-0.2, 0) is 25.6 Å². The third kappa shape index (κ3) is 4.52. The first-order chi connectivity index (χ1) is 11.0. The third-order valence-electron chi connectivity index (χ3n) is 3.83. The van der Waals surface area contributed by atoms with Crippen molar-refractivity contribution in [1.82, 2.24) is 20.0 Å². The highest BCUT2D eigenvalue weighted by atomic mass is 16.5. The van der Waals surface area contributed by atoms with Gasteiger partial charge in [-0.25, -0.2) is 0 Å². The molecule has 0 spiro atoms. The van der Waals surface area contributed by atoms with Gasteiger partial charge in [-0.1, -0.05) is 0 Å². The fourth-order valence-electron chi connectivity index (χ4n) is 2.74. The number of aryl methyl sites for hydroxylation is 1. The zero-order valence-corrected chi connectivity index (χ0v) is 13.9. The molecule has 2 amide bonds. The van der Waals surface area contributed by atoms with Crippen LogP contribution in [0.2, 0.25) is 0 Å². The zero-order chi connectivity index (χ0) is 16.9. The van der Waals surface area contributed by atoms with Crippen LogP contribution in [0.5, 0.6) is 0 Å². The van der Waals surface area contributed by atoms with Gasteiger partial charge in [0.1, 0.15) is 12.1 Å². The number of aromatic nitrogens is 2. The van der Waals surface area contributed by atoms with Gasteiger partial charge in [0.15, 0.2) is 0 Å². The monoisotopic (exact) mass is 324 g/mol. The largest absolute Gasteiger partial charge is 0.382 e. The molecule has 1 aromatic heterocycles. The molecule has 0 aliphatic carbocycles. The van der Waals surface area contributed by atoms with Crippen molar-refractivity contribution in [2.45, 2.75) is 25.5 Å². The molecule has 1 N–H and O–H groups in total. The quantitative estimate of drug-likeness (QED) is 0.767. The molecule has 1 aromatic rings. The van der Waals surface area contributed by atoms with Crippen LogP contribution < -0.4 is 5.32 Å². The molecule has 1 atom stereocenters. The molecule has 1 aliphatic heterocycles. The zero-order valence-electron chi connectivity index (χ0n) is 13.9. The fourth-order valence-corrected chi connectivity index (χ4v) is 2.74. The Labute approximate surface area is 135 Å². The van der Waals surface area contributed by atoms with Crippen molar-refractivity contribution in [2.75, 3.05) is 40.5 Å². The Morgan fingerprint density at radius 3 is 2.91 bits per heavy atom. The number of nitrogens with zero attached hydrogens (tertiary/aromatic N) is 3. The van der Waals surface area contributed by atoms with Gasteiger partial charge in [0, 0.05) is 26.9 Å². The number of hydrogen-bond donors (Lipinski definition) is 1. The van der Waals surface area contributed by atoms with Gasteiger partial charge >= 0.3 is 0 Å². The van der Waals surface area contributed by atoms with Gasteiger partial charge < -0.3 is 19.7 Å². The van der Waals surface area contributed by atoms with E-state index in [0.717, 1.165) is 5.56 Å². The van der Waals surface area contributed by atoms with E-state index in [9.17, 15) is 9.59 Å². The van der Waals surface area contributed by atoms with E-state index in [1.807, 2.05) is 13.1 Å². The summed E-state index contributed by atoms with van der Waals surface area (Å²) in [7, 11) is 3.14. The summed E-state index contributed by atoms with van der Waals surface area (Å²) in [6, 6.07) is 0. The smallest absolute Gasteiger partial charge is 0.244 e. The number of amides is 2. The summed E-state index contributed by atoms with van der Waals surface area (Å²) in [6.07, 6.45) is 3.70. The number of hydrogen-bond acceptors (Lipinski definition) is 5. The standard InChI is InChI=1S/C15H24N4O4/c1-12-7-17-19(8-12)9-14(21)18-4-5-23-15(10-18,11-22-3)6-13(20)16-2/h7-8H,4-6,9-11H2,1-3H3,(H,16,20). The van der Waals surface area contributed by atoms with E-state index in [1.165, 1.54) is 0 Å². The maximum absolute atomic E-state index is 12.5. The van der Waals surface area contributed by atoms with Crippen molar-refractivity contribution in [2.24, 2.45) is 0 Å². The van der Waals surface area contributed by atoms with Crippen LogP contribution in [0.1, 0.15) is 12.0 Å². The Hall–Kier alpha value is -1.93. The number of rotatable bonds is 6. The van der Waals surface area contributed by atoms with Gasteiger partial charge in [-0.05, 0) is 12.5 Å². The van der Waals surface area contributed by atoms with Gasteiger partial charge in [0.05, 0.1) is 32.4 Å². The first-order valence-corrected chi connectivity index (χ1v) is 7.58. The highest BCUT2D eigenvalue weighted by Crippen LogP contribution is 2.23. The van der Waals surface area contributed by atoms with E-state index in [1.54, 1.807) is 29.9 Å². The molecule has 2 heterocycles. The second-order valence-corrected chi connectivity index (χ2v) is 5.84. The average Bonchev–Trinajstić information content (AvgIpc) is 2.92. The Morgan fingerprint density at radius 2 is 2.30 bits per heavy atom. The highest BCUT2D eigenvalue weighted by molar-refractivity contribution is 5.78. The lowest BCUT2D eigenvalue weighted by molar-refractivity contribution is -0.167. The number of carbonyl (C=O) groups is 2. The van der Waals surface area contributed by atoms with Crippen LogP contribution in [0.4, 0.5) is 0 Å². The Morgan fingerprint density at radius 1 is 1.52 bits per heavy atom. The molecule has 128 valence electrons. The van der Waals surface area contributed by atoms with Gasteiger partial charge in [-0.2, -0.15) is 5.10 Å². The number of nitrogens with one attached hydrogen (secondary N) is 1. The van der Waals surface area contributed by atoms with Crippen molar-refractivity contribution in [3.05, 3.63) is 18.0 Å². The van der Waals surface area contributed by atoms with Gasteiger partial charge in [-0.3, -0.25) is 14.3 Å². The summed E-state index contributed by atoms with van der Waals surface area (Å²) in [5, 5.41) is 6.72. The molecule has 0 radical (unpaired) electrons. The van der Waals surface area contributed by atoms with E-state index in [0.29, 0.717) is 19.7 Å². The molecule has 1 unspecified atom stereocenters. The predicted molar refractivity (Wildman–Crippen MR) is 82.8 cm³/mol. The van der Waals surface area contributed by atoms with E-state index in [2.05, 4.69) is 10.4 Å².